The number of rotatable bonds is 4. The van der Waals surface area contributed by atoms with Gasteiger partial charge in [-0.05, 0) is 62.9 Å². The van der Waals surface area contributed by atoms with E-state index in [-0.39, 0.29) is 23.5 Å². The second kappa shape index (κ2) is 9.10. The maximum atomic E-state index is 13.4. The lowest BCUT2D eigenvalue weighted by Gasteiger charge is -2.31. The van der Waals surface area contributed by atoms with E-state index < -0.39 is 11.9 Å². The normalized spacial score (nSPS) is 18.5. The maximum absolute atomic E-state index is 13.4. The molecule has 170 valence electrons. The number of carbonyl (C=O) groups is 1. The van der Waals surface area contributed by atoms with Gasteiger partial charge in [-0.1, -0.05) is 23.8 Å². The minimum atomic E-state index is -4.55. The van der Waals surface area contributed by atoms with E-state index in [1.165, 1.54) is 0 Å². The van der Waals surface area contributed by atoms with Crippen LogP contribution in [0.4, 0.5) is 18.9 Å². The highest BCUT2D eigenvalue weighted by Gasteiger charge is 2.34. The number of halogens is 3. The smallest absolute Gasteiger partial charge is 0.382 e. The van der Waals surface area contributed by atoms with Crippen molar-refractivity contribution in [2.45, 2.75) is 50.9 Å². The lowest BCUT2D eigenvalue weighted by Crippen LogP contribution is -2.42. The summed E-state index contributed by atoms with van der Waals surface area (Å²) in [6.07, 6.45) is -1.62. The van der Waals surface area contributed by atoms with Gasteiger partial charge in [-0.3, -0.25) is 4.79 Å². The van der Waals surface area contributed by atoms with E-state index in [0.29, 0.717) is 28.6 Å². The monoisotopic (exact) mass is 452 g/mol. The topological polar surface area (TPSA) is 77.8 Å². The number of aromatic nitrogens is 1. The van der Waals surface area contributed by atoms with Crippen molar-refractivity contribution in [3.05, 3.63) is 70.9 Å². The predicted molar refractivity (Wildman–Crippen MR) is 120 cm³/mol. The molecule has 2 N–H and O–H groups in total. The van der Waals surface area contributed by atoms with Gasteiger partial charge in [0.1, 0.15) is 5.69 Å². The molecule has 1 aromatic heterocycles. The predicted octanol–water partition coefficient (Wildman–Crippen LogP) is 5.59. The SMILES string of the molecule is Cc1ccc2nc(C(F)(F)F)cc(N[C@H]3CCC[C@@H](NC(=O)c4ccccc4C#N)C3)c2c1. The van der Waals surface area contributed by atoms with Crippen molar-refractivity contribution in [2.24, 2.45) is 0 Å². The van der Waals surface area contributed by atoms with Crippen LogP contribution in [0.25, 0.3) is 10.9 Å². The number of fused-ring (bicyclic) bond motifs is 1. The van der Waals surface area contributed by atoms with Gasteiger partial charge in [-0.2, -0.15) is 18.4 Å². The van der Waals surface area contributed by atoms with Gasteiger partial charge in [0.05, 0.1) is 22.7 Å². The minimum absolute atomic E-state index is 0.109. The fourth-order valence-corrected chi connectivity index (χ4v) is 4.32. The van der Waals surface area contributed by atoms with E-state index in [9.17, 15) is 23.2 Å². The molecule has 1 aliphatic rings. The quantitative estimate of drug-likeness (QED) is 0.541. The summed E-state index contributed by atoms with van der Waals surface area (Å²) in [5, 5.41) is 16.1. The van der Waals surface area contributed by atoms with Gasteiger partial charge in [0.15, 0.2) is 0 Å². The van der Waals surface area contributed by atoms with Crippen LogP contribution in [0.1, 0.15) is 52.9 Å². The van der Waals surface area contributed by atoms with E-state index >= 15 is 0 Å². The standard InChI is InChI=1S/C25H23F3N4O/c1-15-9-10-21-20(11-15)22(13-23(32-21)25(26,27)28)30-17-6-4-7-18(12-17)31-24(33)19-8-3-2-5-16(19)14-29/h2-3,5,8-11,13,17-18H,4,6-7,12H2,1H3,(H,30,32)(H,31,33)/t17-,18+/m0/s1. The molecule has 0 radical (unpaired) electrons. The molecule has 4 rings (SSSR count). The fourth-order valence-electron chi connectivity index (χ4n) is 4.32. The van der Waals surface area contributed by atoms with Crippen molar-refractivity contribution in [2.75, 3.05) is 5.32 Å². The van der Waals surface area contributed by atoms with E-state index in [1.807, 2.05) is 19.1 Å². The lowest BCUT2D eigenvalue weighted by atomic mass is 9.90. The number of pyridine rings is 1. The van der Waals surface area contributed by atoms with Gasteiger partial charge in [0.2, 0.25) is 0 Å². The van der Waals surface area contributed by atoms with Crippen LogP contribution in [-0.4, -0.2) is 23.0 Å². The van der Waals surface area contributed by atoms with Crippen LogP contribution in [0, 0.1) is 18.3 Å². The number of nitriles is 1. The number of benzene rings is 2. The van der Waals surface area contributed by atoms with Crippen LogP contribution in [0.2, 0.25) is 0 Å². The third-order valence-corrected chi connectivity index (χ3v) is 5.92. The van der Waals surface area contributed by atoms with Crippen LogP contribution in [0.3, 0.4) is 0 Å². The summed E-state index contributed by atoms with van der Waals surface area (Å²) in [6, 6.07) is 14.6. The summed E-state index contributed by atoms with van der Waals surface area (Å²) in [6.45, 7) is 1.88. The van der Waals surface area contributed by atoms with Gasteiger partial charge in [-0.15, -0.1) is 0 Å². The van der Waals surface area contributed by atoms with E-state index in [4.69, 9.17) is 0 Å². The van der Waals surface area contributed by atoms with Crippen molar-refractivity contribution in [3.63, 3.8) is 0 Å². The number of carbonyl (C=O) groups excluding carboxylic acids is 1. The average Bonchev–Trinajstić information content (AvgIpc) is 2.78. The van der Waals surface area contributed by atoms with Crippen molar-refractivity contribution >= 4 is 22.5 Å². The number of nitrogens with zero attached hydrogens (tertiary/aromatic N) is 2. The van der Waals surface area contributed by atoms with Crippen LogP contribution in [0.5, 0.6) is 0 Å². The van der Waals surface area contributed by atoms with Gasteiger partial charge in [-0.25, -0.2) is 4.98 Å². The molecular formula is C25H23F3N4O. The molecule has 33 heavy (non-hydrogen) atoms. The van der Waals surface area contributed by atoms with Crippen LogP contribution < -0.4 is 10.6 Å². The zero-order chi connectivity index (χ0) is 23.6. The number of alkyl halides is 3. The Bertz CT molecular complexity index is 1230. The van der Waals surface area contributed by atoms with Gasteiger partial charge < -0.3 is 10.6 Å². The average molecular weight is 452 g/mol. The summed E-state index contributed by atoms with van der Waals surface area (Å²) >= 11 is 0. The van der Waals surface area contributed by atoms with Gasteiger partial charge in [0, 0.05) is 23.2 Å². The molecule has 0 unspecified atom stereocenters. The number of nitrogens with one attached hydrogen (secondary N) is 2. The molecule has 2 aromatic carbocycles. The molecule has 2 atom stereocenters. The molecule has 0 bridgehead atoms. The van der Waals surface area contributed by atoms with Gasteiger partial charge >= 0.3 is 6.18 Å². The number of aryl methyl sites for hydroxylation is 1. The second-order valence-corrected chi connectivity index (χ2v) is 8.41. The first-order chi connectivity index (χ1) is 15.7. The molecule has 0 aliphatic heterocycles. The Morgan fingerprint density at radius 3 is 2.64 bits per heavy atom. The highest BCUT2D eigenvalue weighted by atomic mass is 19.4. The molecule has 0 spiro atoms. The molecule has 1 fully saturated rings. The molecule has 1 amide bonds. The highest BCUT2D eigenvalue weighted by Crippen LogP contribution is 2.34. The molecular weight excluding hydrogens is 429 g/mol. The first-order valence-corrected chi connectivity index (χ1v) is 10.8. The molecule has 1 saturated carbocycles. The Morgan fingerprint density at radius 1 is 1.12 bits per heavy atom. The lowest BCUT2D eigenvalue weighted by molar-refractivity contribution is -0.140. The Labute approximate surface area is 189 Å². The summed E-state index contributed by atoms with van der Waals surface area (Å²) in [4.78, 5) is 16.5. The third kappa shape index (κ3) is 5.08. The molecule has 0 saturated heterocycles. The Hall–Kier alpha value is -3.60. The number of anilines is 1. The Morgan fingerprint density at radius 2 is 1.88 bits per heavy atom. The second-order valence-electron chi connectivity index (χ2n) is 8.41. The Kier molecular flexibility index (Phi) is 6.23. The fraction of sp³-hybridized carbons (Fsp3) is 0.320. The molecule has 3 aromatic rings. The first-order valence-electron chi connectivity index (χ1n) is 10.8. The van der Waals surface area contributed by atoms with Crippen molar-refractivity contribution in [1.82, 2.24) is 10.3 Å². The molecule has 5 nitrogen and oxygen atoms in total. The molecule has 8 heteroatoms. The van der Waals surface area contributed by atoms with E-state index in [1.54, 1.807) is 36.4 Å². The number of hydrogen-bond donors (Lipinski definition) is 2. The Balaban J connectivity index is 1.54. The highest BCUT2D eigenvalue weighted by molar-refractivity contribution is 5.96. The van der Waals surface area contributed by atoms with Gasteiger partial charge in [0.25, 0.3) is 5.91 Å². The maximum Gasteiger partial charge on any atom is 0.433 e. The van der Waals surface area contributed by atoms with E-state index in [2.05, 4.69) is 15.6 Å². The molecule has 1 heterocycles. The minimum Gasteiger partial charge on any atom is -0.382 e. The van der Waals surface area contributed by atoms with E-state index in [0.717, 1.165) is 30.9 Å². The van der Waals surface area contributed by atoms with Crippen molar-refractivity contribution in [1.29, 1.82) is 5.26 Å². The summed E-state index contributed by atoms with van der Waals surface area (Å²) in [5.74, 6) is -0.317. The summed E-state index contributed by atoms with van der Waals surface area (Å²) in [5.41, 5.74) is 1.29. The zero-order valence-electron chi connectivity index (χ0n) is 18.0. The van der Waals surface area contributed by atoms with Crippen molar-refractivity contribution < 1.29 is 18.0 Å². The van der Waals surface area contributed by atoms with Crippen molar-refractivity contribution in [3.8, 4) is 6.07 Å². The first kappa shape index (κ1) is 22.6. The summed E-state index contributed by atoms with van der Waals surface area (Å²) < 4.78 is 40.3. The van der Waals surface area contributed by atoms with Crippen LogP contribution in [0.15, 0.2) is 48.5 Å². The van der Waals surface area contributed by atoms with Crippen LogP contribution >= 0.6 is 0 Å². The number of amides is 1. The largest absolute Gasteiger partial charge is 0.433 e. The number of hydrogen-bond acceptors (Lipinski definition) is 4. The third-order valence-electron chi connectivity index (χ3n) is 5.92. The molecule has 1 aliphatic carbocycles. The zero-order valence-corrected chi connectivity index (χ0v) is 18.0. The van der Waals surface area contributed by atoms with Crippen LogP contribution in [-0.2, 0) is 6.18 Å². The summed E-state index contributed by atoms with van der Waals surface area (Å²) in [7, 11) is 0.